The number of aromatic hydroxyl groups is 1. The molecule has 0 amide bonds. The first-order valence-electron chi connectivity index (χ1n) is 19.7. The Morgan fingerprint density at radius 3 is 2.53 bits per heavy atom. The molecular weight excluding hydrogens is 719 g/mol. The number of pyridine rings is 1. The van der Waals surface area contributed by atoms with Gasteiger partial charge in [-0.3, -0.25) is 4.98 Å². The smallest absolute Gasteiger partial charge is 0.245 e. The minimum absolute atomic E-state index is 0.00261. The first kappa shape index (κ1) is 40.8. The van der Waals surface area contributed by atoms with Crippen LogP contribution in [0.2, 0.25) is 0 Å². The third-order valence-electron chi connectivity index (χ3n) is 11.1. The summed E-state index contributed by atoms with van der Waals surface area (Å²) in [6, 6.07) is 13.0. The van der Waals surface area contributed by atoms with Crippen LogP contribution in [0.1, 0.15) is 90.5 Å². The van der Waals surface area contributed by atoms with Crippen LogP contribution in [-0.4, -0.2) is 82.5 Å². The molecule has 3 N–H and O–H groups in total. The maximum atomic E-state index is 15.3. The van der Waals surface area contributed by atoms with E-state index in [-0.39, 0.29) is 61.2 Å². The van der Waals surface area contributed by atoms with Crippen LogP contribution >= 0.6 is 0 Å². The molecule has 0 radical (unpaired) electrons. The van der Waals surface area contributed by atoms with E-state index in [1.807, 2.05) is 39.8 Å². The Hall–Kier alpha value is -3.81. The molecule has 2 aromatic carbocycles. The van der Waals surface area contributed by atoms with Gasteiger partial charge in [-0.15, -0.1) is 6.58 Å². The van der Waals surface area contributed by atoms with Crippen LogP contribution < -0.4 is 4.74 Å². The highest BCUT2D eigenvalue weighted by Crippen LogP contribution is 2.62. The number of sulfonamides is 1. The third-order valence-corrected chi connectivity index (χ3v) is 13.0. The summed E-state index contributed by atoms with van der Waals surface area (Å²) in [7, 11) is -4.26. The lowest BCUT2D eigenvalue weighted by atomic mass is 9.55. The van der Waals surface area contributed by atoms with Gasteiger partial charge in [0, 0.05) is 49.2 Å². The quantitative estimate of drug-likeness (QED) is 0.0721. The molecule has 298 valence electrons. The molecule has 6 unspecified atom stereocenters. The van der Waals surface area contributed by atoms with Crippen molar-refractivity contribution in [1.82, 2.24) is 9.29 Å². The number of aliphatic hydroxyl groups is 2. The fourth-order valence-electron chi connectivity index (χ4n) is 8.90. The molecule has 55 heavy (non-hydrogen) atoms. The molecule has 1 aromatic heterocycles. The normalized spacial score (nSPS) is 25.6. The summed E-state index contributed by atoms with van der Waals surface area (Å²) in [5.41, 5.74) is 2.05. The van der Waals surface area contributed by atoms with Crippen molar-refractivity contribution in [3.63, 3.8) is 0 Å². The third kappa shape index (κ3) is 8.20. The second-order valence-electron chi connectivity index (χ2n) is 15.9. The molecule has 1 saturated carbocycles. The first-order chi connectivity index (χ1) is 26.4. The molecule has 11 nitrogen and oxygen atoms in total. The highest BCUT2D eigenvalue weighted by atomic mass is 32.2. The van der Waals surface area contributed by atoms with Gasteiger partial charge in [0.2, 0.25) is 15.8 Å². The average molecular weight is 776 g/mol. The molecule has 2 aliphatic carbocycles. The molecule has 3 aromatic rings. The lowest BCUT2D eigenvalue weighted by Gasteiger charge is -2.59. The number of nitrogens with zero attached hydrogens (tertiary/aromatic N) is 3. The van der Waals surface area contributed by atoms with Crippen molar-refractivity contribution < 1.29 is 38.0 Å². The number of para-hydroxylation sites is 1. The number of phenolic OH excluding ortho intramolecular Hbond substituents is 1. The van der Waals surface area contributed by atoms with Crippen molar-refractivity contribution in [3.8, 4) is 11.5 Å². The fraction of sp³-hybridized carbons (Fsp3) is 0.535. The maximum absolute atomic E-state index is 15.3. The number of allylic oxidation sites excluding steroid dienone is 1. The van der Waals surface area contributed by atoms with Crippen LogP contribution in [0.25, 0.3) is 10.9 Å². The number of benzene rings is 2. The summed E-state index contributed by atoms with van der Waals surface area (Å²) in [5, 5.41) is 36.1. The van der Waals surface area contributed by atoms with Crippen LogP contribution in [0.3, 0.4) is 0 Å². The Morgan fingerprint density at radius 2 is 1.82 bits per heavy atom. The maximum Gasteiger partial charge on any atom is 0.245 e. The van der Waals surface area contributed by atoms with Crippen LogP contribution in [0, 0.1) is 17.8 Å². The monoisotopic (exact) mass is 775 g/mol. The molecule has 12 heteroatoms. The van der Waals surface area contributed by atoms with Gasteiger partial charge in [-0.05, 0) is 101 Å². The summed E-state index contributed by atoms with van der Waals surface area (Å²) >= 11 is 0. The SMILES string of the molecule is C=CCOC12Oc3ccc(O)cc3C3C(CCCCO)C(CCCCO)C=C(C(=NOC(C)(C)C)CC1N(CCC)S(=O)(=O)c1cccc4cccnc14)C32. The summed E-state index contributed by atoms with van der Waals surface area (Å²) in [5.74, 6) is -1.77. The summed E-state index contributed by atoms with van der Waals surface area (Å²) in [6.07, 6.45) is 10.6. The van der Waals surface area contributed by atoms with E-state index in [1.54, 1.807) is 48.7 Å². The van der Waals surface area contributed by atoms with Gasteiger partial charge in [-0.25, -0.2) is 8.42 Å². The number of phenols is 1. The van der Waals surface area contributed by atoms with Crippen molar-refractivity contribution >= 4 is 26.6 Å². The Morgan fingerprint density at radius 1 is 1.07 bits per heavy atom. The van der Waals surface area contributed by atoms with Crippen molar-refractivity contribution in [2.24, 2.45) is 22.9 Å². The van der Waals surface area contributed by atoms with Gasteiger partial charge in [-0.1, -0.05) is 55.3 Å². The Kier molecular flexibility index (Phi) is 12.7. The van der Waals surface area contributed by atoms with Crippen LogP contribution in [0.4, 0.5) is 0 Å². The molecule has 1 aliphatic heterocycles. The molecule has 6 atom stereocenters. The Balaban J connectivity index is 1.65. The van der Waals surface area contributed by atoms with E-state index >= 15 is 8.42 Å². The average Bonchev–Trinajstić information content (AvgIpc) is 3.16. The van der Waals surface area contributed by atoms with Gasteiger partial charge in [0.15, 0.2) is 0 Å². The molecule has 2 heterocycles. The van der Waals surface area contributed by atoms with E-state index in [1.165, 1.54) is 4.31 Å². The van der Waals surface area contributed by atoms with Crippen LogP contribution in [-0.2, 0) is 19.6 Å². The zero-order chi connectivity index (χ0) is 39.4. The predicted octanol–water partition coefficient (Wildman–Crippen LogP) is 7.47. The van der Waals surface area contributed by atoms with Gasteiger partial charge >= 0.3 is 0 Å². The van der Waals surface area contributed by atoms with E-state index < -0.39 is 33.4 Å². The van der Waals surface area contributed by atoms with Crippen molar-refractivity contribution in [2.75, 3.05) is 26.4 Å². The van der Waals surface area contributed by atoms with Crippen molar-refractivity contribution in [1.29, 1.82) is 0 Å². The lowest BCUT2D eigenvalue weighted by Crippen LogP contribution is -2.70. The second kappa shape index (κ2) is 17.1. The highest BCUT2D eigenvalue weighted by Gasteiger charge is 2.66. The van der Waals surface area contributed by atoms with Crippen LogP contribution in [0.5, 0.6) is 11.5 Å². The first-order valence-corrected chi connectivity index (χ1v) is 21.1. The standard InChI is InChI=1S/C43H57N3O8S/c1-6-22-46(55(50,51)37-18-12-15-29-16-13-21-44-41(29)37)38-28-35(45-54-42(3,4)5)33-26-30(14-8-10-23-47)32(17-9-11-24-48)39-34-27-31(49)19-20-36(34)53-43(38,40(33)39)52-25-7-2/h7,12-13,15-16,18-21,26-27,30,32,38-40,47-49H,2,6,8-11,14,17,22-25,28H2,1,3-5H3. The van der Waals surface area contributed by atoms with E-state index in [2.05, 4.69) is 17.6 Å². The Labute approximate surface area is 325 Å². The second-order valence-corrected chi connectivity index (χ2v) is 17.8. The van der Waals surface area contributed by atoms with Gasteiger partial charge in [0.05, 0.1) is 29.8 Å². The van der Waals surface area contributed by atoms with E-state index in [0.717, 1.165) is 36.8 Å². The zero-order valence-electron chi connectivity index (χ0n) is 32.6. The number of hydrogen-bond acceptors (Lipinski definition) is 10. The number of fused-ring (bicyclic) bond motifs is 3. The number of oxime groups is 1. The number of rotatable bonds is 17. The lowest BCUT2D eigenvalue weighted by molar-refractivity contribution is -0.251. The minimum atomic E-state index is -4.26. The van der Waals surface area contributed by atoms with E-state index in [9.17, 15) is 15.3 Å². The van der Waals surface area contributed by atoms with Crippen LogP contribution in [0.15, 0.2) is 89.1 Å². The summed E-state index contributed by atoms with van der Waals surface area (Å²) < 4.78 is 46.3. The molecule has 3 aliphatic rings. The van der Waals surface area contributed by atoms with E-state index in [0.29, 0.717) is 41.6 Å². The van der Waals surface area contributed by atoms with Crippen molar-refractivity contribution in [2.45, 2.75) is 107 Å². The highest BCUT2D eigenvalue weighted by molar-refractivity contribution is 7.89. The number of hydrogen-bond donors (Lipinski definition) is 3. The summed E-state index contributed by atoms with van der Waals surface area (Å²) in [6.45, 7) is 12.1. The topological polar surface area (TPSA) is 151 Å². The number of aliphatic hydroxyl groups excluding tert-OH is 2. The predicted molar refractivity (Wildman–Crippen MR) is 213 cm³/mol. The largest absolute Gasteiger partial charge is 0.508 e. The Bertz CT molecular complexity index is 1990. The number of ether oxygens (including phenoxy) is 2. The number of aromatic nitrogens is 1. The van der Waals surface area contributed by atoms with E-state index in [4.69, 9.17) is 19.5 Å². The van der Waals surface area contributed by atoms with Gasteiger partial charge in [0.25, 0.3) is 0 Å². The fourth-order valence-corrected chi connectivity index (χ4v) is 10.8. The minimum Gasteiger partial charge on any atom is -0.508 e. The molecule has 0 bridgehead atoms. The van der Waals surface area contributed by atoms with Crippen molar-refractivity contribution in [3.05, 3.63) is 84.6 Å². The molecule has 1 fully saturated rings. The zero-order valence-corrected chi connectivity index (χ0v) is 33.4. The molecule has 0 saturated heterocycles. The van der Waals surface area contributed by atoms with Gasteiger partial charge in [0.1, 0.15) is 22.0 Å². The summed E-state index contributed by atoms with van der Waals surface area (Å²) in [4.78, 5) is 10.8. The van der Waals surface area contributed by atoms with Gasteiger partial charge in [-0.2, -0.15) is 4.31 Å². The number of unbranched alkanes of at least 4 members (excludes halogenated alkanes) is 2. The molecule has 6 rings (SSSR count). The molecular formula is C43H57N3O8S. The molecule has 0 spiro atoms. The van der Waals surface area contributed by atoms with Gasteiger partial charge < -0.3 is 29.6 Å².